The summed E-state index contributed by atoms with van der Waals surface area (Å²) in [6.07, 6.45) is 0. The van der Waals surface area contributed by atoms with E-state index in [9.17, 15) is 35.1 Å². The van der Waals surface area contributed by atoms with Gasteiger partial charge in [-0.1, -0.05) is 12.1 Å². The summed E-state index contributed by atoms with van der Waals surface area (Å²) in [5.74, 6) is -2.21. The molecule has 1 atom stereocenters. The van der Waals surface area contributed by atoms with E-state index < -0.39 is 40.0 Å². The fraction of sp³-hybridized carbons (Fsp3) is 0.312. The lowest BCUT2D eigenvalue weighted by molar-refractivity contribution is -0.757. The first-order valence-electron chi connectivity index (χ1n) is 8.15. The summed E-state index contributed by atoms with van der Waals surface area (Å²) in [4.78, 5) is 48.3. The van der Waals surface area contributed by atoms with E-state index in [2.05, 4.69) is 10.2 Å². The fourth-order valence-corrected chi connectivity index (χ4v) is 2.96. The molecule has 1 aliphatic heterocycles. The van der Waals surface area contributed by atoms with Crippen LogP contribution in [-0.2, 0) is 14.4 Å². The highest BCUT2D eigenvalue weighted by Crippen LogP contribution is 2.39. The maximum absolute atomic E-state index is 12.6. The summed E-state index contributed by atoms with van der Waals surface area (Å²) in [6.45, 7) is 1.96. The van der Waals surface area contributed by atoms with Gasteiger partial charge >= 0.3 is 5.97 Å². The van der Waals surface area contributed by atoms with Crippen molar-refractivity contribution >= 4 is 11.7 Å². The molecule has 0 bridgehead atoms. The van der Waals surface area contributed by atoms with Gasteiger partial charge in [0.15, 0.2) is 0 Å². The molecule has 0 amide bonds. The number of nitro benzene ring substituents is 1. The lowest BCUT2D eigenvalue weighted by Crippen LogP contribution is -2.32. The third-order valence-corrected chi connectivity index (χ3v) is 4.07. The smallest absolute Gasteiger partial charge is 0.337 e. The second-order valence-electron chi connectivity index (χ2n) is 5.91. The Morgan fingerprint density at radius 3 is 2.34 bits per heavy atom. The molecule has 1 aromatic carbocycles. The number of rotatable bonds is 8. The number of non-ortho nitro benzene ring substituents is 1. The van der Waals surface area contributed by atoms with Crippen LogP contribution in [0.2, 0.25) is 0 Å². The van der Waals surface area contributed by atoms with Crippen molar-refractivity contribution in [2.75, 3.05) is 13.2 Å². The molecule has 154 valence electrons. The number of ether oxygens (including phenoxy) is 1. The summed E-state index contributed by atoms with van der Waals surface area (Å²) in [7, 11) is 0. The zero-order chi connectivity index (χ0) is 21.7. The Kier molecular flexibility index (Phi) is 6.43. The first-order valence-corrected chi connectivity index (χ1v) is 8.15. The Bertz CT molecular complexity index is 938. The molecule has 0 spiro atoms. The Morgan fingerprint density at radius 2 is 1.76 bits per heavy atom. The van der Waals surface area contributed by atoms with Crippen LogP contribution in [0.15, 0.2) is 46.9 Å². The van der Waals surface area contributed by atoms with Gasteiger partial charge in [0.05, 0.1) is 21.1 Å². The number of allylic oxidation sites excluding steroid dienone is 3. The third-order valence-electron chi connectivity index (χ3n) is 4.07. The van der Waals surface area contributed by atoms with Gasteiger partial charge in [0.2, 0.25) is 0 Å². The van der Waals surface area contributed by atoms with Gasteiger partial charge in [-0.05, 0) is 19.4 Å². The molecule has 1 aromatic rings. The summed E-state index contributed by atoms with van der Waals surface area (Å²) < 4.78 is 4.95. The Hall–Kier alpha value is -4.03. The number of esters is 1. The normalized spacial score (nSPS) is 16.1. The third kappa shape index (κ3) is 4.82. The van der Waals surface area contributed by atoms with Crippen molar-refractivity contribution in [3.63, 3.8) is 0 Å². The number of carbonyl (C=O) groups is 1. The fourth-order valence-electron chi connectivity index (χ4n) is 2.96. The first-order chi connectivity index (χ1) is 13.6. The maximum Gasteiger partial charge on any atom is 0.337 e. The second-order valence-corrected chi connectivity index (χ2v) is 5.91. The van der Waals surface area contributed by atoms with Gasteiger partial charge in [-0.25, -0.2) is 4.79 Å². The van der Waals surface area contributed by atoms with Crippen molar-refractivity contribution in [2.24, 2.45) is 0 Å². The SMILES string of the molecule is CC1=C(C(=O)OCCO[N+](=O)[O-])[C@@H](c2cccc([N+](=O)[O-])c2)C([N+](=O)[O-])=C(C)N1. The van der Waals surface area contributed by atoms with Crippen molar-refractivity contribution in [3.05, 3.63) is 82.8 Å². The van der Waals surface area contributed by atoms with Crippen LogP contribution in [0.3, 0.4) is 0 Å². The topological polar surface area (TPSA) is 177 Å². The van der Waals surface area contributed by atoms with Gasteiger partial charge in [-0.3, -0.25) is 20.2 Å². The van der Waals surface area contributed by atoms with Crippen molar-refractivity contribution < 1.29 is 29.3 Å². The zero-order valence-corrected chi connectivity index (χ0v) is 15.3. The average Bonchev–Trinajstić information content (AvgIpc) is 2.64. The van der Waals surface area contributed by atoms with Gasteiger partial charge in [0.1, 0.15) is 19.1 Å². The monoisotopic (exact) mass is 408 g/mol. The standard InChI is InChI=1S/C16H16N4O9/c1-9-13(16(21)28-6-7-29-20(26)27)14(15(19(24)25)10(2)17-9)11-4-3-5-12(8-11)18(22)23/h3-5,8,14,17H,6-7H2,1-2H3/t14-/m1/s1. The second kappa shape index (κ2) is 8.77. The van der Waals surface area contributed by atoms with Gasteiger partial charge < -0.3 is 14.9 Å². The summed E-state index contributed by atoms with van der Waals surface area (Å²) in [5.41, 5.74) is -0.235. The molecule has 0 fully saturated rings. The number of hydrogen-bond donors (Lipinski definition) is 1. The Balaban J connectivity index is 2.46. The number of nitrogens with zero attached hydrogens (tertiary/aromatic N) is 3. The molecular weight excluding hydrogens is 392 g/mol. The lowest BCUT2D eigenvalue weighted by atomic mass is 9.84. The molecule has 0 saturated carbocycles. The molecule has 0 aliphatic carbocycles. The van der Waals surface area contributed by atoms with Gasteiger partial charge in [0.25, 0.3) is 16.5 Å². The minimum atomic E-state index is -1.24. The van der Waals surface area contributed by atoms with Crippen LogP contribution < -0.4 is 5.32 Å². The minimum absolute atomic E-state index is 0.135. The lowest BCUT2D eigenvalue weighted by Gasteiger charge is -2.26. The van der Waals surface area contributed by atoms with Crippen LogP contribution in [0.4, 0.5) is 5.69 Å². The maximum atomic E-state index is 12.6. The molecule has 1 heterocycles. The van der Waals surface area contributed by atoms with E-state index in [1.54, 1.807) is 0 Å². The van der Waals surface area contributed by atoms with Crippen LogP contribution in [0, 0.1) is 30.3 Å². The molecule has 0 radical (unpaired) electrons. The van der Waals surface area contributed by atoms with Crippen LogP contribution >= 0.6 is 0 Å². The van der Waals surface area contributed by atoms with E-state index in [0.717, 1.165) is 6.07 Å². The van der Waals surface area contributed by atoms with E-state index in [-0.39, 0.29) is 33.9 Å². The molecule has 2 rings (SSSR count). The molecule has 0 unspecified atom stereocenters. The largest absolute Gasteiger partial charge is 0.460 e. The van der Waals surface area contributed by atoms with E-state index >= 15 is 0 Å². The van der Waals surface area contributed by atoms with Crippen molar-refractivity contribution in [3.8, 4) is 0 Å². The number of nitro groups is 2. The summed E-state index contributed by atoms with van der Waals surface area (Å²) >= 11 is 0. The molecule has 0 aromatic heterocycles. The Morgan fingerprint density at radius 1 is 1.07 bits per heavy atom. The van der Waals surface area contributed by atoms with Crippen LogP contribution in [0.5, 0.6) is 0 Å². The van der Waals surface area contributed by atoms with Gasteiger partial charge in [0, 0.05) is 17.8 Å². The summed E-state index contributed by atoms with van der Waals surface area (Å²) in [5, 5.41) is 34.6. The molecular formula is C16H16N4O9. The number of dihydropyridines is 1. The highest BCUT2D eigenvalue weighted by molar-refractivity contribution is 5.92. The highest BCUT2D eigenvalue weighted by Gasteiger charge is 2.41. The molecule has 1 aliphatic rings. The first kappa shape index (κ1) is 21.3. The Labute approximate surface area is 163 Å². The van der Waals surface area contributed by atoms with Crippen molar-refractivity contribution in [1.29, 1.82) is 0 Å². The van der Waals surface area contributed by atoms with E-state index in [0.29, 0.717) is 0 Å². The van der Waals surface area contributed by atoms with E-state index in [1.165, 1.54) is 32.0 Å². The highest BCUT2D eigenvalue weighted by atomic mass is 17.0. The predicted octanol–water partition coefficient (Wildman–Crippen LogP) is 1.82. The van der Waals surface area contributed by atoms with E-state index in [4.69, 9.17) is 4.74 Å². The molecule has 29 heavy (non-hydrogen) atoms. The van der Waals surface area contributed by atoms with E-state index in [1.807, 2.05) is 0 Å². The number of benzene rings is 1. The average molecular weight is 408 g/mol. The number of carbonyl (C=O) groups excluding carboxylic acids is 1. The van der Waals surface area contributed by atoms with Gasteiger partial charge in [-0.2, -0.15) is 0 Å². The van der Waals surface area contributed by atoms with Crippen LogP contribution in [-0.4, -0.2) is 34.1 Å². The molecule has 13 nitrogen and oxygen atoms in total. The van der Waals surface area contributed by atoms with Crippen LogP contribution in [0.25, 0.3) is 0 Å². The zero-order valence-electron chi connectivity index (χ0n) is 15.3. The van der Waals surface area contributed by atoms with Gasteiger partial charge in [-0.15, -0.1) is 10.1 Å². The number of hydrogen-bond acceptors (Lipinski definition) is 10. The van der Waals surface area contributed by atoms with Crippen molar-refractivity contribution in [1.82, 2.24) is 5.32 Å². The van der Waals surface area contributed by atoms with Crippen molar-refractivity contribution in [2.45, 2.75) is 19.8 Å². The molecule has 1 N–H and O–H groups in total. The number of nitrogens with one attached hydrogen (secondary N) is 1. The predicted molar refractivity (Wildman–Crippen MR) is 95.3 cm³/mol. The molecule has 0 saturated heterocycles. The molecule has 13 heteroatoms. The summed E-state index contributed by atoms with van der Waals surface area (Å²) in [6, 6.07) is 5.14. The minimum Gasteiger partial charge on any atom is -0.460 e. The quantitative estimate of drug-likeness (QED) is 0.289. The van der Waals surface area contributed by atoms with Crippen LogP contribution in [0.1, 0.15) is 25.3 Å².